The minimum Gasteiger partial charge on any atom is -0.379 e. The van der Waals surface area contributed by atoms with Gasteiger partial charge in [0, 0.05) is 20.8 Å². The van der Waals surface area contributed by atoms with E-state index in [1.54, 1.807) is 6.20 Å². The molecule has 0 fully saturated rings. The Labute approximate surface area is 141 Å². The molecule has 112 valence electrons. The molecule has 1 heterocycles. The van der Waals surface area contributed by atoms with Gasteiger partial charge in [0.05, 0.1) is 22.8 Å². The van der Waals surface area contributed by atoms with Crippen molar-refractivity contribution in [2.75, 3.05) is 5.32 Å². The number of nitrogens with one attached hydrogen (secondary N) is 1. The van der Waals surface area contributed by atoms with Crippen molar-refractivity contribution in [2.45, 2.75) is 12.7 Å². The first-order valence-electron chi connectivity index (χ1n) is 5.68. The lowest BCUT2D eigenvalue weighted by Gasteiger charge is -2.12. The maximum atomic E-state index is 12.8. The fourth-order valence-electron chi connectivity index (χ4n) is 1.61. The molecule has 0 aliphatic heterocycles. The smallest absolute Gasteiger partial charge is 0.379 e. The Balaban J connectivity index is 2.17. The van der Waals surface area contributed by atoms with E-state index in [2.05, 4.69) is 42.2 Å². The fraction of sp³-hybridized carbons (Fsp3) is 0.154. The van der Waals surface area contributed by atoms with Crippen LogP contribution in [0.4, 0.5) is 18.9 Å². The molecule has 2 aromatic rings. The summed E-state index contributed by atoms with van der Waals surface area (Å²) >= 11 is 12.2. The Morgan fingerprint density at radius 2 is 1.90 bits per heavy atom. The summed E-state index contributed by atoms with van der Waals surface area (Å²) in [5.74, 6) is 0. The van der Waals surface area contributed by atoms with Gasteiger partial charge >= 0.3 is 6.18 Å². The molecule has 0 radical (unpaired) electrons. The molecular weight excluding hydrogens is 436 g/mol. The number of hydrogen-bond donors (Lipinski definition) is 1. The number of halogens is 6. The average Bonchev–Trinajstić information content (AvgIpc) is 2.38. The number of rotatable bonds is 3. The zero-order chi connectivity index (χ0) is 15.6. The van der Waals surface area contributed by atoms with E-state index >= 15 is 0 Å². The van der Waals surface area contributed by atoms with Gasteiger partial charge in [0.25, 0.3) is 0 Å². The van der Waals surface area contributed by atoms with E-state index < -0.39 is 11.7 Å². The van der Waals surface area contributed by atoms with Crippen molar-refractivity contribution in [3.8, 4) is 0 Å². The van der Waals surface area contributed by atoms with E-state index in [-0.39, 0.29) is 11.6 Å². The zero-order valence-corrected chi connectivity index (χ0v) is 14.2. The van der Waals surface area contributed by atoms with Crippen molar-refractivity contribution in [2.24, 2.45) is 0 Å². The highest BCUT2D eigenvalue weighted by Gasteiger charge is 2.33. The quantitative estimate of drug-likeness (QED) is 0.639. The average molecular weight is 444 g/mol. The molecule has 2 rings (SSSR count). The molecule has 8 heteroatoms. The summed E-state index contributed by atoms with van der Waals surface area (Å²) < 4.78 is 39.9. The lowest BCUT2D eigenvalue weighted by molar-refractivity contribution is -0.137. The number of alkyl halides is 3. The highest BCUT2D eigenvalue weighted by molar-refractivity contribution is 9.11. The molecule has 0 spiro atoms. The fourth-order valence-corrected chi connectivity index (χ4v) is 2.96. The number of hydrogen-bond acceptors (Lipinski definition) is 2. The van der Waals surface area contributed by atoms with E-state index in [1.807, 2.05) is 6.07 Å². The van der Waals surface area contributed by atoms with Crippen LogP contribution in [-0.2, 0) is 12.7 Å². The Morgan fingerprint density at radius 1 is 1.19 bits per heavy atom. The molecule has 0 saturated heterocycles. The normalized spacial score (nSPS) is 11.5. The van der Waals surface area contributed by atoms with Crippen LogP contribution in [-0.4, -0.2) is 4.98 Å². The highest BCUT2D eigenvalue weighted by atomic mass is 79.9. The largest absolute Gasteiger partial charge is 0.417 e. The molecule has 1 N–H and O–H groups in total. The summed E-state index contributed by atoms with van der Waals surface area (Å²) in [5, 5.41) is 2.57. The van der Waals surface area contributed by atoms with Gasteiger partial charge in [0.1, 0.15) is 0 Å². The van der Waals surface area contributed by atoms with Gasteiger partial charge in [-0.2, -0.15) is 13.2 Å². The molecular formula is C13H8Br2ClF3N2. The van der Waals surface area contributed by atoms with Crippen LogP contribution in [0.1, 0.15) is 11.3 Å². The van der Waals surface area contributed by atoms with Gasteiger partial charge in [-0.05, 0) is 56.1 Å². The predicted octanol–water partition coefficient (Wildman–Crippen LogP) is 5.89. The summed E-state index contributed by atoms with van der Waals surface area (Å²) in [6.45, 7) is 0.285. The van der Waals surface area contributed by atoms with E-state index in [0.717, 1.165) is 15.0 Å². The number of anilines is 1. The summed E-state index contributed by atoms with van der Waals surface area (Å²) in [6, 6.07) is 5.50. The maximum absolute atomic E-state index is 12.8. The molecule has 1 aromatic carbocycles. The summed E-state index contributed by atoms with van der Waals surface area (Å²) in [5.41, 5.74) is 0.141. The Kier molecular flexibility index (Phi) is 5.16. The van der Waals surface area contributed by atoms with E-state index in [9.17, 15) is 13.2 Å². The van der Waals surface area contributed by atoms with Gasteiger partial charge < -0.3 is 5.32 Å². The topological polar surface area (TPSA) is 24.9 Å². The van der Waals surface area contributed by atoms with Crippen LogP contribution in [0.15, 0.2) is 39.4 Å². The molecule has 21 heavy (non-hydrogen) atoms. The minimum absolute atomic E-state index is 0.285. The Bertz CT molecular complexity index is 662. The Hall–Kier alpha value is -0.790. The SMILES string of the molecule is FC(F)(F)c1cc(NCc2ncc(Br)cc2Br)ccc1Cl. The van der Waals surface area contributed by atoms with E-state index in [4.69, 9.17) is 11.6 Å². The van der Waals surface area contributed by atoms with Crippen LogP contribution < -0.4 is 5.32 Å². The molecule has 0 saturated carbocycles. The molecule has 1 aromatic heterocycles. The van der Waals surface area contributed by atoms with Gasteiger partial charge in [-0.1, -0.05) is 11.6 Å². The third kappa shape index (κ3) is 4.34. The van der Waals surface area contributed by atoms with Gasteiger partial charge in [-0.3, -0.25) is 4.98 Å². The molecule has 2 nitrogen and oxygen atoms in total. The second-order valence-corrected chi connectivity index (χ2v) is 6.31. The van der Waals surface area contributed by atoms with Crippen molar-refractivity contribution in [1.29, 1.82) is 0 Å². The molecule has 0 unspecified atom stereocenters. The monoisotopic (exact) mass is 442 g/mol. The van der Waals surface area contributed by atoms with E-state index in [1.165, 1.54) is 12.1 Å². The summed E-state index contributed by atoms with van der Waals surface area (Å²) in [7, 11) is 0. The second kappa shape index (κ2) is 6.54. The summed E-state index contributed by atoms with van der Waals surface area (Å²) in [4.78, 5) is 4.18. The van der Waals surface area contributed by atoms with Gasteiger partial charge in [0.2, 0.25) is 0 Å². The third-order valence-electron chi connectivity index (χ3n) is 2.62. The van der Waals surface area contributed by atoms with Crippen LogP contribution in [0.3, 0.4) is 0 Å². The Morgan fingerprint density at radius 3 is 2.52 bits per heavy atom. The first-order chi connectivity index (χ1) is 9.77. The molecule has 0 atom stereocenters. The van der Waals surface area contributed by atoms with Crippen LogP contribution >= 0.6 is 43.5 Å². The number of aromatic nitrogens is 1. The van der Waals surface area contributed by atoms with Crippen molar-refractivity contribution in [3.05, 3.63) is 55.7 Å². The molecule has 0 aliphatic carbocycles. The minimum atomic E-state index is -4.48. The third-order valence-corrected chi connectivity index (χ3v) is 4.07. The number of pyridine rings is 1. The van der Waals surface area contributed by atoms with Crippen molar-refractivity contribution < 1.29 is 13.2 Å². The number of benzene rings is 1. The first kappa shape index (κ1) is 16.6. The standard InChI is InChI=1S/C13H8Br2ClF3N2/c14-7-3-10(15)12(21-5-7)6-20-8-1-2-11(16)9(4-8)13(17,18)19/h1-5,20H,6H2. The van der Waals surface area contributed by atoms with Crippen LogP contribution in [0, 0.1) is 0 Å². The van der Waals surface area contributed by atoms with Crippen LogP contribution in [0.25, 0.3) is 0 Å². The molecule has 0 amide bonds. The highest BCUT2D eigenvalue weighted by Crippen LogP contribution is 2.36. The second-order valence-electron chi connectivity index (χ2n) is 4.13. The predicted molar refractivity (Wildman–Crippen MR) is 83.4 cm³/mol. The van der Waals surface area contributed by atoms with Crippen LogP contribution in [0.2, 0.25) is 5.02 Å². The lowest BCUT2D eigenvalue weighted by Crippen LogP contribution is -2.08. The van der Waals surface area contributed by atoms with Crippen molar-refractivity contribution in [3.63, 3.8) is 0 Å². The van der Waals surface area contributed by atoms with E-state index in [0.29, 0.717) is 11.4 Å². The lowest BCUT2D eigenvalue weighted by atomic mass is 10.2. The summed E-state index contributed by atoms with van der Waals surface area (Å²) in [6.07, 6.45) is -2.87. The van der Waals surface area contributed by atoms with Crippen LogP contribution in [0.5, 0.6) is 0 Å². The molecule has 0 bridgehead atoms. The van der Waals surface area contributed by atoms with Crippen molar-refractivity contribution >= 4 is 49.1 Å². The van der Waals surface area contributed by atoms with Gasteiger partial charge in [-0.15, -0.1) is 0 Å². The molecule has 0 aliphatic rings. The zero-order valence-electron chi connectivity index (χ0n) is 10.3. The van der Waals surface area contributed by atoms with Gasteiger partial charge in [0.15, 0.2) is 0 Å². The number of nitrogens with zero attached hydrogens (tertiary/aromatic N) is 1. The van der Waals surface area contributed by atoms with Gasteiger partial charge in [-0.25, -0.2) is 0 Å². The maximum Gasteiger partial charge on any atom is 0.417 e. The van der Waals surface area contributed by atoms with Crippen molar-refractivity contribution in [1.82, 2.24) is 4.98 Å². The first-order valence-corrected chi connectivity index (χ1v) is 7.64.